The summed E-state index contributed by atoms with van der Waals surface area (Å²) in [5.41, 5.74) is 0. The second-order valence-corrected chi connectivity index (χ2v) is 4.64. The first-order chi connectivity index (χ1) is 8.89. The molecule has 0 spiro atoms. The summed E-state index contributed by atoms with van der Waals surface area (Å²) in [6.45, 7) is -2.57. The standard InChI is InChI=1S/C5H6O13S2.6Ca.2Na.4Zn.14H/c6-3(17-19(9,10)11)1-15-5(8)16-2-4(7)18-20(12,13)14;;;;;;;;;;;;;;;;;;;;;;;;;;/h1-2H2,(H,9,10,11)(H,12,13,14);;;;;;;;;;;;;;;;;;;;;;;;;;. The Balaban J connectivity index is -0.0000000273. The average Bonchev–Trinajstić information content (AvgIpc) is 2.18. The Hall–Kier alpha value is 10.1. The van der Waals surface area contributed by atoms with Crippen LogP contribution in [0.5, 0.6) is 0 Å². The quantitative estimate of drug-likeness (QED) is 0.145. The molecular formula is C5H20Ca6Na2O13S2Zn4. The van der Waals surface area contributed by atoms with Crippen molar-refractivity contribution in [2.24, 2.45) is 0 Å². The summed E-state index contributed by atoms with van der Waals surface area (Å²) < 4.78 is 70.7. The maximum Gasteiger partial charge on any atom is 0 e. The van der Waals surface area contributed by atoms with Gasteiger partial charge in [0.2, 0.25) is 0 Å². The molecule has 0 aliphatic heterocycles. The van der Waals surface area contributed by atoms with Crippen LogP contribution in [0.15, 0.2) is 0 Å². The summed E-state index contributed by atoms with van der Waals surface area (Å²) in [6, 6.07) is 0. The fourth-order valence-corrected chi connectivity index (χ4v) is 1.13. The number of hydrogen-bond donors (Lipinski definition) is 2. The summed E-state index contributed by atoms with van der Waals surface area (Å²) in [5.74, 6) is -3.35. The smallest absolute Gasteiger partial charge is 0 e. The van der Waals surface area contributed by atoms with Crippen LogP contribution in [-0.2, 0) is 126 Å². The Bertz CT molecular complexity index is 578. The predicted octanol–water partition coefficient (Wildman–Crippen LogP) is -8.97. The average molecular weight is 900 g/mol. The van der Waals surface area contributed by atoms with Crippen LogP contribution < -0.4 is 0 Å². The van der Waals surface area contributed by atoms with Gasteiger partial charge in [-0.25, -0.2) is 14.4 Å². The number of rotatable bonds is 6. The van der Waals surface area contributed by atoms with E-state index in [1.165, 1.54) is 0 Å². The molecule has 0 aromatic carbocycles. The number of carbonyl (C=O) groups is 3. The van der Waals surface area contributed by atoms with Crippen LogP contribution in [0, 0.1) is 0 Å². The molecule has 0 heterocycles. The normalized spacial score (nSPS) is 7.06. The van der Waals surface area contributed by atoms with E-state index < -0.39 is 52.1 Å². The van der Waals surface area contributed by atoms with Crippen LogP contribution in [0.2, 0.25) is 0 Å². The first-order valence-electron chi connectivity index (χ1n) is 4.08. The second kappa shape index (κ2) is 48.0. The first-order valence-corrected chi connectivity index (χ1v) is 6.81. The maximum atomic E-state index is 10.7. The van der Waals surface area contributed by atoms with Gasteiger partial charge in [-0.15, -0.1) is 0 Å². The summed E-state index contributed by atoms with van der Waals surface area (Å²) in [6.07, 6.45) is -1.69. The molecule has 0 aromatic rings. The van der Waals surface area contributed by atoms with Crippen molar-refractivity contribution >= 4 is 324 Å². The molecular weight excluding hydrogens is 880 g/mol. The summed E-state index contributed by atoms with van der Waals surface area (Å²) in [7, 11) is -10.1. The molecule has 0 bridgehead atoms. The van der Waals surface area contributed by atoms with Gasteiger partial charge in [0.25, 0.3) is 0 Å². The van der Waals surface area contributed by atoms with E-state index in [1.54, 1.807) is 0 Å². The van der Waals surface area contributed by atoms with E-state index in [4.69, 9.17) is 9.11 Å². The Morgan fingerprint density at radius 1 is 0.562 bits per heavy atom. The van der Waals surface area contributed by atoms with Crippen LogP contribution in [0.1, 0.15) is 0 Å². The van der Waals surface area contributed by atoms with Gasteiger partial charge in [-0.3, -0.25) is 9.11 Å². The van der Waals surface area contributed by atoms with Crippen molar-refractivity contribution in [1.29, 1.82) is 0 Å². The minimum atomic E-state index is -5.07. The van der Waals surface area contributed by atoms with Gasteiger partial charge in [0.15, 0.2) is 13.2 Å². The Kier molecular flexibility index (Phi) is 126. The van der Waals surface area contributed by atoms with Crippen molar-refractivity contribution in [2.45, 2.75) is 0 Å². The summed E-state index contributed by atoms with van der Waals surface area (Å²) in [4.78, 5) is 31.9. The molecule has 0 saturated heterocycles. The molecule has 0 aliphatic carbocycles. The zero-order valence-corrected chi connectivity index (χ0v) is 25.4. The van der Waals surface area contributed by atoms with E-state index in [0.717, 1.165) is 0 Å². The number of hydrogen-bond acceptors (Lipinski definition) is 11. The number of ether oxygens (including phenoxy) is 2. The minimum absolute atomic E-state index is 0. The Labute approximate surface area is 460 Å². The molecule has 27 heteroatoms. The third-order valence-electron chi connectivity index (χ3n) is 1.01. The van der Waals surface area contributed by atoms with Crippen molar-refractivity contribution in [1.82, 2.24) is 0 Å². The van der Waals surface area contributed by atoms with Gasteiger partial charge in [0.05, 0.1) is 0 Å². The molecule has 13 nitrogen and oxygen atoms in total. The van der Waals surface area contributed by atoms with Crippen molar-refractivity contribution in [3.8, 4) is 0 Å². The molecule has 2 N–H and O–H groups in total. The topological polar surface area (TPSA) is 197 Å². The van der Waals surface area contributed by atoms with Crippen molar-refractivity contribution < 1.29 is 136 Å². The molecule has 32 heavy (non-hydrogen) atoms. The van der Waals surface area contributed by atoms with Crippen LogP contribution in [0.25, 0.3) is 0 Å². The van der Waals surface area contributed by atoms with Gasteiger partial charge in [-0.2, -0.15) is 16.8 Å². The van der Waals surface area contributed by atoms with Gasteiger partial charge < -0.3 is 17.8 Å². The van der Waals surface area contributed by atoms with Crippen LogP contribution >= 0.6 is 0 Å². The third-order valence-corrected chi connectivity index (χ3v) is 1.81. The molecule has 0 aliphatic rings. The Morgan fingerprint density at radius 2 is 0.750 bits per heavy atom. The number of carbonyl (C=O) groups excluding carboxylic acids is 3. The van der Waals surface area contributed by atoms with Crippen LogP contribution in [0.3, 0.4) is 0 Å². The maximum absolute atomic E-state index is 10.7. The summed E-state index contributed by atoms with van der Waals surface area (Å²) in [5, 5.41) is 0. The van der Waals surface area contributed by atoms with Crippen LogP contribution in [0.4, 0.5) is 4.79 Å². The van der Waals surface area contributed by atoms with E-state index in [9.17, 15) is 31.2 Å². The molecule has 0 aromatic heterocycles. The molecule has 152 valence electrons. The third kappa shape index (κ3) is 67.7. The van der Waals surface area contributed by atoms with Crippen molar-refractivity contribution in [3.05, 3.63) is 0 Å². The van der Waals surface area contributed by atoms with Crippen molar-refractivity contribution in [3.63, 3.8) is 0 Å². The Morgan fingerprint density at radius 3 is 0.906 bits per heavy atom. The minimum Gasteiger partial charge on any atom is 0 e. The first kappa shape index (κ1) is 84.0. The zero-order valence-electron chi connectivity index (χ0n) is 11.9. The molecule has 0 unspecified atom stereocenters. The van der Waals surface area contributed by atoms with Gasteiger partial charge in [0.1, 0.15) is 0 Å². The fraction of sp³-hybridized carbons (Fsp3) is 0.400. The van der Waals surface area contributed by atoms with E-state index in [2.05, 4.69) is 17.8 Å². The van der Waals surface area contributed by atoms with E-state index in [1.807, 2.05) is 0 Å². The fourth-order valence-electron chi connectivity index (χ4n) is 0.560. The summed E-state index contributed by atoms with van der Waals surface area (Å²) >= 11 is 0. The van der Waals surface area contributed by atoms with Gasteiger partial charge in [0, 0.05) is 77.9 Å². The van der Waals surface area contributed by atoms with E-state index >= 15 is 0 Å². The van der Waals surface area contributed by atoms with Crippen molar-refractivity contribution in [2.75, 3.05) is 13.2 Å². The second-order valence-electron chi connectivity index (χ2n) is 2.59. The van der Waals surface area contributed by atoms with Gasteiger partial charge in [-0.05, 0) is 0 Å². The van der Waals surface area contributed by atoms with E-state index in [-0.39, 0.29) is 363 Å². The monoisotopic (exact) mass is 894 g/mol. The molecule has 0 rings (SSSR count). The largest absolute Gasteiger partial charge is 0 e. The zero-order chi connectivity index (χ0) is 16.0. The molecule has 0 atom stereocenters. The molecule has 0 saturated carbocycles. The molecule has 0 amide bonds. The molecule has 0 fully saturated rings. The SMILES string of the molecule is O=C(COC(=O)OCC(=O)OS(=O)(=O)O)OS(=O)(=O)O.[CaH2].[CaH2].[CaH2].[CaH2].[CaH2].[CaH2].[NaH].[NaH].[Zn].[Zn].[Zn].[Zn]. The molecule has 0 radical (unpaired) electrons. The van der Waals surface area contributed by atoms with Gasteiger partial charge >= 0.3 is 324 Å². The van der Waals surface area contributed by atoms with E-state index in [0.29, 0.717) is 0 Å². The van der Waals surface area contributed by atoms with Crippen LogP contribution in [-0.4, -0.2) is 343 Å². The predicted molar refractivity (Wildman–Crippen MR) is 118 cm³/mol. The van der Waals surface area contributed by atoms with Gasteiger partial charge in [-0.1, -0.05) is 0 Å².